The first-order valence-corrected chi connectivity index (χ1v) is 7.80. The van der Waals surface area contributed by atoms with Gasteiger partial charge in [0.25, 0.3) is 0 Å². The molecule has 0 amide bonds. The van der Waals surface area contributed by atoms with Crippen molar-refractivity contribution in [3.05, 3.63) is 11.5 Å². The highest BCUT2D eigenvalue weighted by Gasteiger charge is 2.25. The van der Waals surface area contributed by atoms with E-state index in [-0.39, 0.29) is 12.2 Å². The zero-order valence-corrected chi connectivity index (χ0v) is 12.7. The van der Waals surface area contributed by atoms with Crippen LogP contribution in [0.2, 0.25) is 0 Å². The van der Waals surface area contributed by atoms with E-state index < -0.39 is 7.60 Å². The lowest BCUT2D eigenvalue weighted by Crippen LogP contribution is -2.13. The van der Waals surface area contributed by atoms with Crippen LogP contribution in [0.1, 0.15) is 48.0 Å². The van der Waals surface area contributed by atoms with Crippen LogP contribution in [-0.2, 0) is 13.6 Å². The fraction of sp³-hybridized carbons (Fsp3) is 0.833. The fourth-order valence-electron chi connectivity index (χ4n) is 1.28. The molecular weight excluding hydrogens is 237 g/mol. The second-order valence-electron chi connectivity index (χ2n) is 4.59. The Labute approximate surface area is 105 Å². The second kappa shape index (κ2) is 7.91. The molecular formula is C12H26NO3P. The molecule has 0 rings (SSSR count). The standard InChI is InChI=1S/C12H26NO3P/c1-7-8-13-12(6)9-17(14,15-10(2)3)16-11(4)5/h9-11,13H,7-8H2,1-6H3/b12-9-. The van der Waals surface area contributed by atoms with E-state index in [1.165, 1.54) is 0 Å². The van der Waals surface area contributed by atoms with Crippen LogP contribution in [0.25, 0.3) is 0 Å². The molecule has 5 heteroatoms. The molecule has 1 N–H and O–H groups in total. The largest absolute Gasteiger partial charge is 0.388 e. The topological polar surface area (TPSA) is 47.6 Å². The fourth-order valence-corrected chi connectivity index (χ4v) is 3.19. The van der Waals surface area contributed by atoms with E-state index in [0.29, 0.717) is 0 Å². The summed E-state index contributed by atoms with van der Waals surface area (Å²) in [6.45, 7) is 12.2. The molecule has 4 nitrogen and oxygen atoms in total. The van der Waals surface area contributed by atoms with E-state index in [0.717, 1.165) is 18.7 Å². The minimum Gasteiger partial charge on any atom is -0.388 e. The first-order valence-electron chi connectivity index (χ1n) is 6.19. The lowest BCUT2D eigenvalue weighted by atomic mass is 10.4. The lowest BCUT2D eigenvalue weighted by molar-refractivity contribution is 0.149. The van der Waals surface area contributed by atoms with E-state index in [9.17, 15) is 4.57 Å². The van der Waals surface area contributed by atoms with E-state index in [4.69, 9.17) is 9.05 Å². The quantitative estimate of drug-likeness (QED) is 0.675. The summed E-state index contributed by atoms with van der Waals surface area (Å²) in [6.07, 6.45) is 0.760. The van der Waals surface area contributed by atoms with Crippen LogP contribution in [-0.4, -0.2) is 18.8 Å². The van der Waals surface area contributed by atoms with E-state index in [1.807, 2.05) is 34.6 Å². The van der Waals surface area contributed by atoms with Gasteiger partial charge >= 0.3 is 7.60 Å². The zero-order chi connectivity index (χ0) is 13.5. The Morgan fingerprint density at radius 3 is 2.06 bits per heavy atom. The minimum absolute atomic E-state index is 0.130. The van der Waals surface area contributed by atoms with Gasteiger partial charge in [0, 0.05) is 18.1 Å². The minimum atomic E-state index is -3.15. The normalized spacial score (nSPS) is 13.5. The third kappa shape index (κ3) is 8.42. The molecule has 0 unspecified atom stereocenters. The Kier molecular flexibility index (Phi) is 7.77. The first-order chi connectivity index (χ1) is 7.79. The summed E-state index contributed by atoms with van der Waals surface area (Å²) in [7, 11) is -3.15. The van der Waals surface area contributed by atoms with Crippen molar-refractivity contribution in [1.82, 2.24) is 5.32 Å². The number of hydrogen-bond donors (Lipinski definition) is 1. The predicted octanol–water partition coefficient (Wildman–Crippen LogP) is 3.89. The van der Waals surface area contributed by atoms with Gasteiger partial charge < -0.3 is 14.4 Å². The monoisotopic (exact) mass is 263 g/mol. The molecule has 102 valence electrons. The summed E-state index contributed by atoms with van der Waals surface area (Å²) in [6, 6.07) is 0. The first kappa shape index (κ1) is 16.7. The van der Waals surface area contributed by atoms with Crippen molar-refractivity contribution < 1.29 is 13.6 Å². The highest BCUT2D eigenvalue weighted by molar-refractivity contribution is 7.57. The van der Waals surface area contributed by atoms with Gasteiger partial charge in [0.2, 0.25) is 0 Å². The molecule has 0 aliphatic heterocycles. The maximum Gasteiger partial charge on any atom is 0.356 e. The molecule has 0 aromatic heterocycles. The van der Waals surface area contributed by atoms with Crippen molar-refractivity contribution in [2.75, 3.05) is 6.54 Å². The average molecular weight is 263 g/mol. The SMILES string of the molecule is CCCN/C(C)=C\P(=O)(OC(C)C)OC(C)C. The molecule has 0 saturated heterocycles. The van der Waals surface area contributed by atoms with Crippen LogP contribution >= 0.6 is 7.60 Å². The molecule has 0 heterocycles. The summed E-state index contributed by atoms with van der Waals surface area (Å²) >= 11 is 0. The van der Waals surface area contributed by atoms with Gasteiger partial charge in [-0.25, -0.2) is 0 Å². The second-order valence-corrected chi connectivity index (χ2v) is 6.35. The van der Waals surface area contributed by atoms with Gasteiger partial charge in [-0.2, -0.15) is 0 Å². The maximum absolute atomic E-state index is 12.4. The average Bonchev–Trinajstić information content (AvgIpc) is 2.10. The van der Waals surface area contributed by atoms with Crippen LogP contribution in [0.4, 0.5) is 0 Å². The van der Waals surface area contributed by atoms with Crippen LogP contribution in [0, 0.1) is 0 Å². The summed E-state index contributed by atoms with van der Waals surface area (Å²) in [5.41, 5.74) is 0.830. The smallest absolute Gasteiger partial charge is 0.356 e. The van der Waals surface area contributed by atoms with E-state index in [1.54, 1.807) is 5.82 Å². The highest BCUT2D eigenvalue weighted by atomic mass is 31.2. The van der Waals surface area contributed by atoms with Gasteiger partial charge in [0.1, 0.15) is 0 Å². The molecule has 0 atom stereocenters. The summed E-state index contributed by atoms with van der Waals surface area (Å²) in [4.78, 5) is 0. The van der Waals surface area contributed by atoms with Gasteiger partial charge in [-0.3, -0.25) is 4.57 Å². The van der Waals surface area contributed by atoms with Gasteiger partial charge in [0.05, 0.1) is 12.2 Å². The van der Waals surface area contributed by atoms with Crippen LogP contribution in [0.5, 0.6) is 0 Å². The highest BCUT2D eigenvalue weighted by Crippen LogP contribution is 2.52. The zero-order valence-electron chi connectivity index (χ0n) is 11.8. The van der Waals surface area contributed by atoms with Crippen molar-refractivity contribution in [2.24, 2.45) is 0 Å². The number of nitrogens with one attached hydrogen (secondary N) is 1. The Balaban J connectivity index is 4.73. The Morgan fingerprint density at radius 1 is 1.24 bits per heavy atom. The molecule has 17 heavy (non-hydrogen) atoms. The van der Waals surface area contributed by atoms with Gasteiger partial charge in [0.15, 0.2) is 0 Å². The van der Waals surface area contributed by atoms with Gasteiger partial charge in [-0.15, -0.1) is 0 Å². The molecule has 0 spiro atoms. The number of rotatable bonds is 8. The van der Waals surface area contributed by atoms with E-state index >= 15 is 0 Å². The Morgan fingerprint density at radius 2 is 1.71 bits per heavy atom. The van der Waals surface area contributed by atoms with Crippen molar-refractivity contribution in [1.29, 1.82) is 0 Å². The Hall–Kier alpha value is -0.310. The lowest BCUT2D eigenvalue weighted by Gasteiger charge is -2.20. The molecule has 0 aliphatic rings. The third-order valence-corrected chi connectivity index (χ3v) is 3.86. The van der Waals surface area contributed by atoms with Crippen LogP contribution in [0.15, 0.2) is 11.5 Å². The molecule has 0 radical (unpaired) electrons. The molecule has 0 saturated carbocycles. The third-order valence-electron chi connectivity index (χ3n) is 1.72. The predicted molar refractivity (Wildman–Crippen MR) is 72.1 cm³/mol. The van der Waals surface area contributed by atoms with Crippen molar-refractivity contribution >= 4 is 7.60 Å². The molecule has 0 aliphatic carbocycles. The maximum atomic E-state index is 12.4. The molecule has 0 fully saturated rings. The van der Waals surface area contributed by atoms with Crippen molar-refractivity contribution in [3.63, 3.8) is 0 Å². The van der Waals surface area contributed by atoms with E-state index in [2.05, 4.69) is 12.2 Å². The molecule has 0 aromatic carbocycles. The van der Waals surface area contributed by atoms with Crippen LogP contribution < -0.4 is 5.32 Å². The van der Waals surface area contributed by atoms with Crippen molar-refractivity contribution in [3.8, 4) is 0 Å². The molecule has 0 bridgehead atoms. The van der Waals surface area contributed by atoms with Crippen LogP contribution in [0.3, 0.4) is 0 Å². The Bertz CT molecular complexity index is 273. The molecule has 0 aromatic rings. The van der Waals surface area contributed by atoms with Gasteiger partial charge in [-0.1, -0.05) is 6.92 Å². The summed E-state index contributed by atoms with van der Waals surface area (Å²) in [5, 5.41) is 3.16. The van der Waals surface area contributed by atoms with Crippen molar-refractivity contribution in [2.45, 2.75) is 60.2 Å². The summed E-state index contributed by atoms with van der Waals surface area (Å²) in [5.74, 6) is 1.57. The summed E-state index contributed by atoms with van der Waals surface area (Å²) < 4.78 is 23.3. The number of allylic oxidation sites excluding steroid dienone is 1. The van der Waals surface area contributed by atoms with Gasteiger partial charge in [-0.05, 0) is 41.0 Å². The number of hydrogen-bond acceptors (Lipinski definition) is 4.